The van der Waals surface area contributed by atoms with Gasteiger partial charge in [0.15, 0.2) is 0 Å². The summed E-state index contributed by atoms with van der Waals surface area (Å²) in [6, 6.07) is 14.8. The number of halogens is 1. The van der Waals surface area contributed by atoms with Crippen LogP contribution in [0.3, 0.4) is 0 Å². The Morgan fingerprint density at radius 3 is 2.59 bits per heavy atom. The van der Waals surface area contributed by atoms with Crippen molar-refractivity contribution in [3.63, 3.8) is 0 Å². The van der Waals surface area contributed by atoms with E-state index in [9.17, 15) is 14.3 Å². The molecule has 0 saturated heterocycles. The number of aromatic amines is 1. The van der Waals surface area contributed by atoms with Crippen molar-refractivity contribution < 1.29 is 14.3 Å². The summed E-state index contributed by atoms with van der Waals surface area (Å²) in [6.07, 6.45) is 6.71. The van der Waals surface area contributed by atoms with Gasteiger partial charge in [0.05, 0.1) is 0 Å². The van der Waals surface area contributed by atoms with Crippen LogP contribution in [0.1, 0.15) is 43.2 Å². The molecule has 1 unspecified atom stereocenters. The maximum Gasteiger partial charge on any atom is 0.320 e. The highest BCUT2D eigenvalue weighted by Gasteiger charge is 2.39. The number of nitrogens with one attached hydrogen (secondary N) is 2. The molecule has 0 amide bonds. The molecule has 3 aromatic rings. The molecule has 1 fully saturated rings. The Balaban J connectivity index is 1.40. The molecule has 0 spiro atoms. The van der Waals surface area contributed by atoms with Gasteiger partial charge in [-0.1, -0.05) is 30.3 Å². The normalized spacial score (nSPS) is 22.3. The van der Waals surface area contributed by atoms with E-state index in [1.54, 1.807) is 6.07 Å². The molecular formula is C26H32FN3O2. The van der Waals surface area contributed by atoms with E-state index in [1.165, 1.54) is 17.7 Å². The lowest BCUT2D eigenvalue weighted by Crippen LogP contribution is -2.50. The molecule has 5 nitrogen and oxygen atoms in total. The van der Waals surface area contributed by atoms with Crippen LogP contribution in [0.5, 0.6) is 0 Å². The van der Waals surface area contributed by atoms with E-state index in [4.69, 9.17) is 0 Å². The van der Waals surface area contributed by atoms with Crippen molar-refractivity contribution in [3.05, 3.63) is 71.7 Å². The molecule has 2 aromatic carbocycles. The number of carboxylic acid groups (broad SMARTS) is 1. The monoisotopic (exact) mass is 437 g/mol. The molecule has 170 valence electrons. The van der Waals surface area contributed by atoms with Crippen molar-refractivity contribution in [2.75, 3.05) is 14.1 Å². The van der Waals surface area contributed by atoms with Crippen molar-refractivity contribution in [2.45, 2.75) is 56.1 Å². The number of hydrogen-bond donors (Lipinski definition) is 3. The highest BCUT2D eigenvalue weighted by atomic mass is 19.1. The van der Waals surface area contributed by atoms with Crippen LogP contribution in [-0.4, -0.2) is 47.1 Å². The molecule has 1 aromatic heterocycles. The first-order valence-electron chi connectivity index (χ1n) is 11.4. The number of rotatable bonds is 8. The number of fused-ring (bicyclic) bond motifs is 1. The quantitative estimate of drug-likeness (QED) is 0.479. The van der Waals surface area contributed by atoms with E-state index in [0.29, 0.717) is 12.8 Å². The zero-order valence-electron chi connectivity index (χ0n) is 18.8. The van der Waals surface area contributed by atoms with Crippen molar-refractivity contribution >= 4 is 16.9 Å². The third kappa shape index (κ3) is 4.57. The van der Waals surface area contributed by atoms with E-state index in [1.807, 2.05) is 12.3 Å². The SMILES string of the molecule is CN(C)C1(c2ccccc2)CCC(NC(CCc2c[nH]c3ccc(F)cc23)C(=O)O)CC1. The minimum atomic E-state index is -0.830. The molecule has 32 heavy (non-hydrogen) atoms. The van der Waals surface area contributed by atoms with Gasteiger partial charge >= 0.3 is 5.97 Å². The molecule has 3 N–H and O–H groups in total. The Bertz CT molecular complexity index is 1060. The van der Waals surface area contributed by atoms with Crippen LogP contribution in [0.25, 0.3) is 10.9 Å². The van der Waals surface area contributed by atoms with Gasteiger partial charge in [-0.2, -0.15) is 0 Å². The first-order chi connectivity index (χ1) is 15.4. The Hall–Kier alpha value is -2.70. The van der Waals surface area contributed by atoms with Crippen LogP contribution in [0.2, 0.25) is 0 Å². The molecule has 4 rings (SSSR count). The van der Waals surface area contributed by atoms with Crippen LogP contribution in [0.4, 0.5) is 4.39 Å². The van der Waals surface area contributed by atoms with Gasteiger partial charge in [-0.05, 0) is 81.9 Å². The van der Waals surface area contributed by atoms with Crippen molar-refractivity contribution in [3.8, 4) is 0 Å². The molecule has 1 aliphatic carbocycles. The number of aromatic nitrogens is 1. The number of benzene rings is 2. The second-order valence-corrected chi connectivity index (χ2v) is 9.17. The number of carbonyl (C=O) groups is 1. The Labute approximate surface area is 188 Å². The van der Waals surface area contributed by atoms with E-state index in [2.05, 4.69) is 53.6 Å². The van der Waals surface area contributed by atoms with Crippen LogP contribution < -0.4 is 5.32 Å². The summed E-state index contributed by atoms with van der Waals surface area (Å²) < 4.78 is 13.6. The van der Waals surface area contributed by atoms with Gasteiger partial charge in [0.25, 0.3) is 0 Å². The fraction of sp³-hybridized carbons (Fsp3) is 0.423. The van der Waals surface area contributed by atoms with Crippen molar-refractivity contribution in [1.29, 1.82) is 0 Å². The van der Waals surface area contributed by atoms with Crippen molar-refractivity contribution in [2.24, 2.45) is 0 Å². The second kappa shape index (κ2) is 9.43. The molecule has 1 saturated carbocycles. The standard InChI is InChI=1S/C26H32FN3O2/c1-30(2)26(19-6-4-3-5-7-19)14-12-21(13-15-26)29-24(25(31)32)10-8-18-17-28-23-11-9-20(27)16-22(18)23/h3-7,9,11,16-17,21,24,28-29H,8,10,12-15H2,1-2H3,(H,31,32). The minimum absolute atomic E-state index is 0.00767. The molecular weight excluding hydrogens is 405 g/mol. The lowest BCUT2D eigenvalue weighted by atomic mass is 9.74. The van der Waals surface area contributed by atoms with Gasteiger partial charge in [-0.3, -0.25) is 9.69 Å². The summed E-state index contributed by atoms with van der Waals surface area (Å²) in [7, 11) is 4.26. The Morgan fingerprint density at radius 1 is 1.22 bits per heavy atom. The fourth-order valence-corrected chi connectivity index (χ4v) is 5.22. The first kappa shape index (κ1) is 22.5. The van der Waals surface area contributed by atoms with Gasteiger partial charge in [-0.25, -0.2) is 4.39 Å². The zero-order chi connectivity index (χ0) is 22.7. The summed E-state index contributed by atoms with van der Waals surface area (Å²) in [5.74, 6) is -1.11. The van der Waals surface area contributed by atoms with Gasteiger partial charge < -0.3 is 15.4 Å². The number of nitrogens with zero attached hydrogens (tertiary/aromatic N) is 1. The fourth-order valence-electron chi connectivity index (χ4n) is 5.22. The van der Waals surface area contributed by atoms with Crippen LogP contribution in [0.15, 0.2) is 54.7 Å². The summed E-state index contributed by atoms with van der Waals surface area (Å²) in [4.78, 5) is 17.4. The molecule has 1 aliphatic rings. The number of carboxylic acids is 1. The number of aryl methyl sites for hydroxylation is 1. The van der Waals surface area contributed by atoms with E-state index in [0.717, 1.165) is 42.1 Å². The van der Waals surface area contributed by atoms with Gasteiger partial charge in [-0.15, -0.1) is 0 Å². The van der Waals surface area contributed by atoms with E-state index >= 15 is 0 Å². The Kier molecular flexibility index (Phi) is 6.63. The maximum absolute atomic E-state index is 13.6. The largest absolute Gasteiger partial charge is 0.480 e. The molecule has 1 heterocycles. The van der Waals surface area contributed by atoms with Gasteiger partial charge in [0.2, 0.25) is 0 Å². The van der Waals surface area contributed by atoms with Crippen LogP contribution in [-0.2, 0) is 16.8 Å². The summed E-state index contributed by atoms with van der Waals surface area (Å²) in [5, 5.41) is 14.0. The van der Waals surface area contributed by atoms with Crippen LogP contribution in [0, 0.1) is 5.82 Å². The van der Waals surface area contributed by atoms with E-state index < -0.39 is 12.0 Å². The smallest absolute Gasteiger partial charge is 0.320 e. The lowest BCUT2D eigenvalue weighted by Gasteiger charge is -2.46. The molecule has 0 radical (unpaired) electrons. The number of aliphatic carboxylic acids is 1. The van der Waals surface area contributed by atoms with Gasteiger partial charge in [0.1, 0.15) is 11.9 Å². The lowest BCUT2D eigenvalue weighted by molar-refractivity contribution is -0.140. The summed E-state index contributed by atoms with van der Waals surface area (Å²) in [5.41, 5.74) is 3.14. The average molecular weight is 438 g/mol. The predicted molar refractivity (Wildman–Crippen MR) is 125 cm³/mol. The van der Waals surface area contributed by atoms with Crippen molar-refractivity contribution in [1.82, 2.24) is 15.2 Å². The van der Waals surface area contributed by atoms with Gasteiger partial charge in [0, 0.05) is 28.7 Å². The number of hydrogen-bond acceptors (Lipinski definition) is 3. The molecule has 6 heteroatoms. The molecule has 1 atom stereocenters. The minimum Gasteiger partial charge on any atom is -0.480 e. The highest BCUT2D eigenvalue weighted by Crippen LogP contribution is 2.41. The topological polar surface area (TPSA) is 68.4 Å². The maximum atomic E-state index is 13.6. The highest BCUT2D eigenvalue weighted by molar-refractivity contribution is 5.83. The van der Waals surface area contributed by atoms with Crippen LogP contribution >= 0.6 is 0 Å². The zero-order valence-corrected chi connectivity index (χ0v) is 18.8. The summed E-state index contributed by atoms with van der Waals surface area (Å²) >= 11 is 0. The molecule has 0 bridgehead atoms. The third-order valence-corrected chi connectivity index (χ3v) is 7.15. The first-order valence-corrected chi connectivity index (χ1v) is 11.4. The predicted octanol–water partition coefficient (Wildman–Crippen LogP) is 4.68. The summed E-state index contributed by atoms with van der Waals surface area (Å²) in [6.45, 7) is 0. The number of H-pyrrole nitrogens is 1. The van der Waals surface area contributed by atoms with E-state index in [-0.39, 0.29) is 17.4 Å². The molecule has 0 aliphatic heterocycles. The third-order valence-electron chi connectivity index (χ3n) is 7.15. The average Bonchev–Trinajstić information content (AvgIpc) is 3.19. The second-order valence-electron chi connectivity index (χ2n) is 9.17. The Morgan fingerprint density at radius 2 is 1.94 bits per heavy atom.